The Kier molecular flexibility index (Phi) is 3.61. The van der Waals surface area contributed by atoms with E-state index < -0.39 is 11.7 Å². The number of alkyl halides is 3. The van der Waals surface area contributed by atoms with Gasteiger partial charge in [0.05, 0.1) is 12.2 Å². The molecule has 15 heavy (non-hydrogen) atoms. The monoisotopic (exact) mass is 217 g/mol. The predicted octanol–water partition coefficient (Wildman–Crippen LogP) is 3.55. The van der Waals surface area contributed by atoms with Gasteiger partial charge >= 0.3 is 6.18 Å². The van der Waals surface area contributed by atoms with Crippen LogP contribution in [0.1, 0.15) is 12.5 Å². The van der Waals surface area contributed by atoms with Gasteiger partial charge in [0, 0.05) is 0 Å². The van der Waals surface area contributed by atoms with Gasteiger partial charge in [-0.25, -0.2) is 0 Å². The Morgan fingerprint density at radius 1 is 1.40 bits per heavy atom. The van der Waals surface area contributed by atoms with Crippen LogP contribution in [0, 0.1) is 12.8 Å². The molecule has 0 saturated carbocycles. The van der Waals surface area contributed by atoms with Gasteiger partial charge in [-0.3, -0.25) is 0 Å². The lowest BCUT2D eigenvalue weighted by atomic mass is 10.2. The molecule has 0 bridgehead atoms. The summed E-state index contributed by atoms with van der Waals surface area (Å²) in [6.07, 6.45) is -4.32. The average molecular weight is 217 g/mol. The smallest absolute Gasteiger partial charge is 0.416 e. The van der Waals surface area contributed by atoms with E-state index in [9.17, 15) is 13.2 Å². The van der Waals surface area contributed by atoms with E-state index in [0.717, 1.165) is 12.1 Å². The van der Waals surface area contributed by atoms with Gasteiger partial charge in [-0.15, -0.1) is 0 Å². The van der Waals surface area contributed by atoms with Gasteiger partial charge in [-0.2, -0.15) is 13.2 Å². The van der Waals surface area contributed by atoms with E-state index in [1.807, 2.05) is 6.92 Å². The molecule has 1 aromatic carbocycles. The van der Waals surface area contributed by atoms with Crippen LogP contribution in [0.2, 0.25) is 0 Å². The molecule has 4 heteroatoms. The van der Waals surface area contributed by atoms with E-state index in [4.69, 9.17) is 4.74 Å². The molecule has 0 N–H and O–H groups in total. The van der Waals surface area contributed by atoms with Crippen molar-refractivity contribution in [3.8, 4) is 5.75 Å². The number of hydrogen-bond acceptors (Lipinski definition) is 1. The molecule has 83 valence electrons. The molecular weight excluding hydrogens is 205 g/mol. The minimum absolute atomic E-state index is 0.0412. The van der Waals surface area contributed by atoms with Crippen LogP contribution >= 0.6 is 0 Å². The Hall–Kier alpha value is -1.19. The number of halogens is 3. The fraction of sp³-hybridized carbons (Fsp3) is 0.364. The van der Waals surface area contributed by atoms with Crippen molar-refractivity contribution in [2.45, 2.75) is 13.1 Å². The van der Waals surface area contributed by atoms with Crippen molar-refractivity contribution in [2.75, 3.05) is 6.61 Å². The van der Waals surface area contributed by atoms with Gasteiger partial charge in [0.25, 0.3) is 0 Å². The first-order valence-corrected chi connectivity index (χ1v) is 4.52. The number of ether oxygens (including phenoxy) is 1. The highest BCUT2D eigenvalue weighted by atomic mass is 19.4. The third-order valence-electron chi connectivity index (χ3n) is 1.70. The molecule has 0 aliphatic carbocycles. The second-order valence-electron chi connectivity index (χ2n) is 3.44. The summed E-state index contributed by atoms with van der Waals surface area (Å²) in [7, 11) is 0. The van der Waals surface area contributed by atoms with Crippen molar-refractivity contribution in [1.82, 2.24) is 0 Å². The van der Waals surface area contributed by atoms with Gasteiger partial charge in [0.2, 0.25) is 0 Å². The summed E-state index contributed by atoms with van der Waals surface area (Å²) in [6.45, 7) is 5.81. The lowest BCUT2D eigenvalue weighted by Crippen LogP contribution is -2.07. The van der Waals surface area contributed by atoms with E-state index in [1.165, 1.54) is 12.1 Å². The van der Waals surface area contributed by atoms with E-state index in [2.05, 4.69) is 6.92 Å². The first-order chi connectivity index (χ1) is 6.89. The van der Waals surface area contributed by atoms with Gasteiger partial charge in [-0.05, 0) is 31.0 Å². The number of hydrogen-bond donors (Lipinski definition) is 0. The predicted molar refractivity (Wildman–Crippen MR) is 51.5 cm³/mol. The number of rotatable bonds is 3. The van der Waals surface area contributed by atoms with Crippen molar-refractivity contribution in [3.05, 3.63) is 36.8 Å². The molecular formula is C11H12F3O. The zero-order chi connectivity index (χ0) is 11.5. The number of benzene rings is 1. The molecule has 0 aliphatic rings. The average Bonchev–Trinajstić information content (AvgIpc) is 2.14. The molecule has 0 spiro atoms. The summed E-state index contributed by atoms with van der Waals surface area (Å²) in [5.74, 6) is 0.264. The van der Waals surface area contributed by atoms with Gasteiger partial charge in [0.15, 0.2) is 0 Å². The Balaban J connectivity index is 2.75. The summed E-state index contributed by atoms with van der Waals surface area (Å²) < 4.78 is 42.0. The highest BCUT2D eigenvalue weighted by molar-refractivity contribution is 5.30. The van der Waals surface area contributed by atoms with Crippen molar-refractivity contribution in [2.24, 2.45) is 5.92 Å². The summed E-state index contributed by atoms with van der Waals surface area (Å²) in [6, 6.07) is 4.83. The molecule has 1 aromatic rings. The third kappa shape index (κ3) is 3.81. The Morgan fingerprint density at radius 3 is 2.60 bits per heavy atom. The Bertz CT molecular complexity index is 318. The van der Waals surface area contributed by atoms with Crippen LogP contribution in [0.15, 0.2) is 24.3 Å². The summed E-state index contributed by atoms with van der Waals surface area (Å²) in [4.78, 5) is 0. The van der Waals surface area contributed by atoms with Crippen LogP contribution in [-0.2, 0) is 6.18 Å². The zero-order valence-electron chi connectivity index (χ0n) is 8.34. The maximum Gasteiger partial charge on any atom is 0.416 e. The van der Waals surface area contributed by atoms with Crippen LogP contribution in [-0.4, -0.2) is 6.61 Å². The van der Waals surface area contributed by atoms with Crippen LogP contribution in [0.25, 0.3) is 0 Å². The molecule has 0 saturated heterocycles. The fourth-order valence-electron chi connectivity index (χ4n) is 1.00. The molecule has 0 amide bonds. The van der Waals surface area contributed by atoms with Gasteiger partial charge in [-0.1, -0.05) is 13.0 Å². The molecule has 1 unspecified atom stereocenters. The van der Waals surface area contributed by atoms with Crippen LogP contribution < -0.4 is 4.74 Å². The van der Waals surface area contributed by atoms with E-state index in [0.29, 0.717) is 6.61 Å². The maximum atomic E-state index is 12.3. The van der Waals surface area contributed by atoms with Crippen molar-refractivity contribution in [3.63, 3.8) is 0 Å². The summed E-state index contributed by atoms with van der Waals surface area (Å²) in [5.41, 5.74) is -0.697. The highest BCUT2D eigenvalue weighted by Crippen LogP contribution is 2.31. The minimum Gasteiger partial charge on any atom is -0.493 e. The van der Waals surface area contributed by atoms with Crippen LogP contribution in [0.5, 0.6) is 5.75 Å². The van der Waals surface area contributed by atoms with Crippen molar-refractivity contribution < 1.29 is 17.9 Å². The van der Waals surface area contributed by atoms with E-state index in [-0.39, 0.29) is 11.7 Å². The SMILES string of the molecule is [CH2]C(C)COc1cccc(C(F)(F)F)c1. The zero-order valence-corrected chi connectivity index (χ0v) is 8.34. The Labute approximate surface area is 86.9 Å². The molecule has 1 radical (unpaired) electrons. The van der Waals surface area contributed by atoms with Crippen LogP contribution in [0.4, 0.5) is 13.2 Å². The molecule has 0 heterocycles. The summed E-state index contributed by atoms with van der Waals surface area (Å²) in [5, 5.41) is 0. The minimum atomic E-state index is -4.32. The largest absolute Gasteiger partial charge is 0.493 e. The molecule has 0 aromatic heterocycles. The van der Waals surface area contributed by atoms with Crippen molar-refractivity contribution in [1.29, 1.82) is 0 Å². The third-order valence-corrected chi connectivity index (χ3v) is 1.70. The lowest BCUT2D eigenvalue weighted by molar-refractivity contribution is -0.137. The normalized spacial score (nSPS) is 11.9. The molecule has 1 rings (SSSR count). The molecule has 1 atom stereocenters. The highest BCUT2D eigenvalue weighted by Gasteiger charge is 2.30. The second kappa shape index (κ2) is 4.55. The fourth-order valence-corrected chi connectivity index (χ4v) is 1.00. The molecule has 1 nitrogen and oxygen atoms in total. The second-order valence-corrected chi connectivity index (χ2v) is 3.44. The van der Waals surface area contributed by atoms with E-state index in [1.54, 1.807) is 0 Å². The lowest BCUT2D eigenvalue weighted by Gasteiger charge is -2.11. The van der Waals surface area contributed by atoms with Gasteiger partial charge in [0.1, 0.15) is 5.75 Å². The maximum absolute atomic E-state index is 12.3. The molecule has 0 aliphatic heterocycles. The quantitative estimate of drug-likeness (QED) is 0.752. The van der Waals surface area contributed by atoms with Crippen LogP contribution in [0.3, 0.4) is 0 Å². The van der Waals surface area contributed by atoms with Gasteiger partial charge < -0.3 is 4.74 Å². The first-order valence-electron chi connectivity index (χ1n) is 4.52. The molecule has 0 fully saturated rings. The summed E-state index contributed by atoms with van der Waals surface area (Å²) >= 11 is 0. The van der Waals surface area contributed by atoms with Crippen molar-refractivity contribution >= 4 is 0 Å². The first kappa shape index (κ1) is 11.9. The topological polar surface area (TPSA) is 9.23 Å². The van der Waals surface area contributed by atoms with E-state index >= 15 is 0 Å². The standard InChI is InChI=1S/C11H12F3O/c1-8(2)7-15-10-5-3-4-9(6-10)11(12,13)14/h3-6,8H,1,7H2,2H3. The Morgan fingerprint density at radius 2 is 2.07 bits per heavy atom.